The average Bonchev–Trinajstić information content (AvgIpc) is 2.53. The predicted octanol–water partition coefficient (Wildman–Crippen LogP) is 1.48. The first-order valence-corrected chi connectivity index (χ1v) is 9.31. The Bertz CT molecular complexity index is 662. The molecule has 2 rings (SSSR count). The summed E-state index contributed by atoms with van der Waals surface area (Å²) in [5.41, 5.74) is 6.74. The van der Waals surface area contributed by atoms with Gasteiger partial charge in [-0.15, -0.1) is 0 Å². The number of benzene rings is 1. The van der Waals surface area contributed by atoms with E-state index in [2.05, 4.69) is 16.8 Å². The Hall–Kier alpha value is -1.60. The average molecular weight is 338 g/mol. The van der Waals surface area contributed by atoms with Crippen LogP contribution >= 0.6 is 0 Å². The minimum absolute atomic E-state index is 0.265. The largest absolute Gasteiger partial charge is 0.370 e. The molecule has 0 amide bonds. The molecule has 0 saturated carbocycles. The van der Waals surface area contributed by atoms with Gasteiger partial charge in [0, 0.05) is 27.2 Å². The van der Waals surface area contributed by atoms with Crippen LogP contribution in [0.3, 0.4) is 0 Å². The molecule has 1 saturated heterocycles. The van der Waals surface area contributed by atoms with E-state index in [4.69, 9.17) is 5.73 Å². The van der Waals surface area contributed by atoms with Crippen molar-refractivity contribution in [1.29, 1.82) is 0 Å². The highest BCUT2D eigenvalue weighted by molar-refractivity contribution is 7.89. The highest BCUT2D eigenvalue weighted by Gasteiger charge is 2.21. The molecule has 7 heteroatoms. The summed E-state index contributed by atoms with van der Waals surface area (Å²) in [5, 5.41) is 0. The van der Waals surface area contributed by atoms with E-state index in [0.717, 1.165) is 31.8 Å². The third-order valence-electron chi connectivity index (χ3n) is 4.25. The van der Waals surface area contributed by atoms with Crippen LogP contribution in [-0.2, 0) is 16.6 Å². The number of hydrogen-bond donors (Lipinski definition) is 1. The van der Waals surface area contributed by atoms with Gasteiger partial charge in [0.05, 0.1) is 11.4 Å². The fourth-order valence-corrected chi connectivity index (χ4v) is 3.69. The maximum atomic E-state index is 12.4. The van der Waals surface area contributed by atoms with Crippen molar-refractivity contribution in [2.45, 2.75) is 31.2 Å². The van der Waals surface area contributed by atoms with Crippen molar-refractivity contribution < 1.29 is 8.42 Å². The third kappa shape index (κ3) is 4.23. The number of piperidine rings is 1. The number of nitrogens with zero attached hydrogens (tertiary/aromatic N) is 3. The van der Waals surface area contributed by atoms with E-state index in [1.165, 1.54) is 18.4 Å². The Labute approximate surface area is 139 Å². The molecule has 0 aromatic heterocycles. The van der Waals surface area contributed by atoms with Crippen molar-refractivity contribution in [3.05, 3.63) is 29.8 Å². The number of nitrogens with two attached hydrogens (primary N) is 1. The highest BCUT2D eigenvalue weighted by Crippen LogP contribution is 2.20. The summed E-state index contributed by atoms with van der Waals surface area (Å²) in [6.45, 7) is 4.33. The first-order valence-electron chi connectivity index (χ1n) is 7.87. The molecule has 1 aromatic carbocycles. The van der Waals surface area contributed by atoms with Crippen LogP contribution in [0.2, 0.25) is 0 Å². The Morgan fingerprint density at radius 1 is 1.30 bits per heavy atom. The van der Waals surface area contributed by atoms with E-state index in [0.29, 0.717) is 11.5 Å². The SMILES string of the molecule is CC1CCN(C(N)=NCc2ccccc2S(=O)(=O)N(C)C)CC1. The summed E-state index contributed by atoms with van der Waals surface area (Å²) in [7, 11) is -0.425. The van der Waals surface area contributed by atoms with E-state index < -0.39 is 10.0 Å². The number of sulfonamides is 1. The van der Waals surface area contributed by atoms with Crippen molar-refractivity contribution >= 4 is 16.0 Å². The number of likely N-dealkylation sites (tertiary alicyclic amines) is 1. The Morgan fingerprint density at radius 2 is 1.91 bits per heavy atom. The van der Waals surface area contributed by atoms with Crippen molar-refractivity contribution in [2.75, 3.05) is 27.2 Å². The molecule has 23 heavy (non-hydrogen) atoms. The van der Waals surface area contributed by atoms with Gasteiger partial charge >= 0.3 is 0 Å². The smallest absolute Gasteiger partial charge is 0.242 e. The molecule has 0 atom stereocenters. The molecule has 0 spiro atoms. The molecule has 0 radical (unpaired) electrons. The predicted molar refractivity (Wildman–Crippen MR) is 92.6 cm³/mol. The molecule has 0 unspecified atom stereocenters. The lowest BCUT2D eigenvalue weighted by molar-refractivity contribution is 0.277. The van der Waals surface area contributed by atoms with E-state index >= 15 is 0 Å². The molecule has 6 nitrogen and oxygen atoms in total. The van der Waals surface area contributed by atoms with Gasteiger partial charge in [-0.2, -0.15) is 0 Å². The zero-order valence-corrected chi connectivity index (χ0v) is 14.9. The fraction of sp³-hybridized carbons (Fsp3) is 0.562. The van der Waals surface area contributed by atoms with Crippen LogP contribution in [0.5, 0.6) is 0 Å². The molecule has 1 fully saturated rings. The molecule has 1 aliphatic heterocycles. The summed E-state index contributed by atoms with van der Waals surface area (Å²) in [5.74, 6) is 1.22. The Kier molecular flexibility index (Phi) is 5.64. The van der Waals surface area contributed by atoms with Crippen molar-refractivity contribution in [3.63, 3.8) is 0 Å². The van der Waals surface area contributed by atoms with Gasteiger partial charge in [-0.1, -0.05) is 25.1 Å². The first kappa shape index (κ1) is 17.7. The maximum absolute atomic E-state index is 12.4. The van der Waals surface area contributed by atoms with Crippen LogP contribution in [0.15, 0.2) is 34.2 Å². The lowest BCUT2D eigenvalue weighted by atomic mass is 10.00. The highest BCUT2D eigenvalue weighted by atomic mass is 32.2. The zero-order valence-electron chi connectivity index (χ0n) is 14.1. The van der Waals surface area contributed by atoms with Crippen LogP contribution < -0.4 is 5.73 Å². The monoisotopic (exact) mass is 338 g/mol. The molecule has 1 heterocycles. The number of rotatable bonds is 4. The number of guanidine groups is 1. The van der Waals surface area contributed by atoms with Gasteiger partial charge < -0.3 is 10.6 Å². The summed E-state index contributed by atoms with van der Waals surface area (Å²) in [6, 6.07) is 6.93. The molecule has 0 aliphatic carbocycles. The molecule has 2 N–H and O–H groups in total. The Balaban J connectivity index is 2.16. The van der Waals surface area contributed by atoms with E-state index in [1.54, 1.807) is 18.2 Å². The van der Waals surface area contributed by atoms with Crippen LogP contribution in [0.1, 0.15) is 25.3 Å². The van der Waals surface area contributed by atoms with Gasteiger partial charge in [0.15, 0.2) is 5.96 Å². The van der Waals surface area contributed by atoms with Crippen LogP contribution in [0, 0.1) is 5.92 Å². The molecular weight excluding hydrogens is 312 g/mol. The van der Waals surface area contributed by atoms with E-state index in [1.807, 2.05) is 6.07 Å². The summed E-state index contributed by atoms with van der Waals surface area (Å²) >= 11 is 0. The lowest BCUT2D eigenvalue weighted by Crippen LogP contribution is -2.42. The summed E-state index contributed by atoms with van der Waals surface area (Å²) < 4.78 is 26.0. The third-order valence-corrected chi connectivity index (χ3v) is 6.17. The minimum atomic E-state index is -3.48. The van der Waals surface area contributed by atoms with Crippen LogP contribution in [-0.4, -0.2) is 50.8 Å². The van der Waals surface area contributed by atoms with Crippen molar-refractivity contribution in [1.82, 2.24) is 9.21 Å². The number of hydrogen-bond acceptors (Lipinski definition) is 3. The van der Waals surface area contributed by atoms with Crippen molar-refractivity contribution in [2.24, 2.45) is 16.6 Å². The first-order chi connectivity index (χ1) is 10.8. The van der Waals surface area contributed by atoms with Crippen LogP contribution in [0.25, 0.3) is 0 Å². The normalized spacial score (nSPS) is 17.7. The molecule has 1 aromatic rings. The second kappa shape index (κ2) is 7.31. The quantitative estimate of drug-likeness (QED) is 0.666. The van der Waals surface area contributed by atoms with Gasteiger partial charge in [-0.3, -0.25) is 0 Å². The Morgan fingerprint density at radius 3 is 2.52 bits per heavy atom. The van der Waals surface area contributed by atoms with Gasteiger partial charge in [-0.25, -0.2) is 17.7 Å². The number of aliphatic imine (C=N–C) groups is 1. The second-order valence-electron chi connectivity index (χ2n) is 6.24. The molecule has 1 aliphatic rings. The van der Waals surface area contributed by atoms with Crippen molar-refractivity contribution in [3.8, 4) is 0 Å². The standard InChI is InChI=1S/C16H26N4O2S/c1-13-8-10-20(11-9-13)16(17)18-12-14-6-4-5-7-15(14)23(21,22)19(2)3/h4-7,13H,8-12H2,1-3H3,(H2,17,18). The molecule has 0 bridgehead atoms. The van der Waals surface area contributed by atoms with E-state index in [9.17, 15) is 8.42 Å². The van der Waals surface area contributed by atoms with Gasteiger partial charge in [0.1, 0.15) is 0 Å². The fourth-order valence-electron chi connectivity index (χ4n) is 2.59. The topological polar surface area (TPSA) is 79.0 Å². The van der Waals surface area contributed by atoms with Crippen LogP contribution in [0.4, 0.5) is 0 Å². The minimum Gasteiger partial charge on any atom is -0.370 e. The molecule has 128 valence electrons. The maximum Gasteiger partial charge on any atom is 0.242 e. The van der Waals surface area contributed by atoms with Gasteiger partial charge in [-0.05, 0) is 30.4 Å². The summed E-state index contributed by atoms with van der Waals surface area (Å²) in [4.78, 5) is 6.77. The molecular formula is C16H26N4O2S. The second-order valence-corrected chi connectivity index (χ2v) is 8.36. The lowest BCUT2D eigenvalue weighted by Gasteiger charge is -2.31. The zero-order chi connectivity index (χ0) is 17.0. The summed E-state index contributed by atoms with van der Waals surface area (Å²) in [6.07, 6.45) is 2.23. The van der Waals surface area contributed by atoms with Gasteiger partial charge in [0.2, 0.25) is 10.0 Å². The van der Waals surface area contributed by atoms with Gasteiger partial charge in [0.25, 0.3) is 0 Å². The van der Waals surface area contributed by atoms with E-state index in [-0.39, 0.29) is 11.4 Å².